The summed E-state index contributed by atoms with van der Waals surface area (Å²) >= 11 is 3.84. The number of thiazole rings is 1. The number of methoxy groups -OCH3 is 1. The third kappa shape index (κ3) is 5.68. The van der Waals surface area contributed by atoms with E-state index in [1.807, 2.05) is 11.5 Å². The van der Waals surface area contributed by atoms with E-state index in [0.29, 0.717) is 27.8 Å². The van der Waals surface area contributed by atoms with Crippen LogP contribution in [0.5, 0.6) is 0 Å². The van der Waals surface area contributed by atoms with Gasteiger partial charge >= 0.3 is 5.97 Å². The zero-order valence-electron chi connectivity index (χ0n) is 19.7. The summed E-state index contributed by atoms with van der Waals surface area (Å²) in [7, 11) is 1.34. The van der Waals surface area contributed by atoms with Crippen molar-refractivity contribution in [2.24, 2.45) is 10.9 Å². The van der Waals surface area contributed by atoms with Gasteiger partial charge in [0.05, 0.1) is 34.4 Å². The molecule has 0 radical (unpaired) electrons. The highest BCUT2D eigenvalue weighted by atomic mass is 32.2. The van der Waals surface area contributed by atoms with Crippen LogP contribution in [0.2, 0.25) is 0 Å². The summed E-state index contributed by atoms with van der Waals surface area (Å²) < 4.78 is 21.1. The lowest BCUT2D eigenvalue weighted by Crippen LogP contribution is -2.19. The summed E-state index contributed by atoms with van der Waals surface area (Å²) in [6.07, 6.45) is 2.67. The average molecular weight is 536 g/mol. The van der Waals surface area contributed by atoms with Crippen molar-refractivity contribution in [3.8, 4) is 0 Å². The molecule has 0 fully saturated rings. The van der Waals surface area contributed by atoms with Gasteiger partial charge < -0.3 is 14.6 Å². The Labute approximate surface area is 214 Å². The molecule has 1 N–H and O–H groups in total. The van der Waals surface area contributed by atoms with Gasteiger partial charge in [0.25, 0.3) is 5.91 Å². The normalized spacial score (nSPS) is 15.8. The predicted octanol–water partition coefficient (Wildman–Crippen LogP) is 4.63. The van der Waals surface area contributed by atoms with Gasteiger partial charge in [-0.2, -0.15) is 4.99 Å². The zero-order chi connectivity index (χ0) is 25.1. The minimum atomic E-state index is -0.443. The van der Waals surface area contributed by atoms with Gasteiger partial charge in [0.1, 0.15) is 10.8 Å². The zero-order valence-corrected chi connectivity index (χ0v) is 22.1. The van der Waals surface area contributed by atoms with Crippen molar-refractivity contribution >= 4 is 67.4 Å². The molecular formula is C24H26FN3O4S3. The van der Waals surface area contributed by atoms with Crippen molar-refractivity contribution in [1.82, 2.24) is 4.57 Å². The van der Waals surface area contributed by atoms with Crippen LogP contribution in [0.25, 0.3) is 10.2 Å². The third-order valence-corrected chi connectivity index (χ3v) is 8.92. The van der Waals surface area contributed by atoms with Crippen molar-refractivity contribution in [2.75, 3.05) is 23.9 Å². The molecule has 1 aliphatic carbocycles. The van der Waals surface area contributed by atoms with Crippen molar-refractivity contribution in [3.05, 3.63) is 44.8 Å². The molecule has 2 heterocycles. The van der Waals surface area contributed by atoms with Gasteiger partial charge in [-0.1, -0.05) is 18.3 Å². The molecule has 186 valence electrons. The summed E-state index contributed by atoms with van der Waals surface area (Å²) in [6, 6.07) is 4.50. The lowest BCUT2D eigenvalue weighted by atomic mass is 9.88. The van der Waals surface area contributed by atoms with E-state index in [0.717, 1.165) is 51.7 Å². The lowest BCUT2D eigenvalue weighted by Gasteiger charge is -2.18. The first-order chi connectivity index (χ1) is 16.8. The van der Waals surface area contributed by atoms with Gasteiger partial charge in [0, 0.05) is 11.4 Å². The van der Waals surface area contributed by atoms with E-state index in [1.165, 1.54) is 41.9 Å². The third-order valence-electron chi connectivity index (χ3n) is 5.79. The number of carbonyl (C=O) groups excluding carboxylic acids is 3. The van der Waals surface area contributed by atoms with Crippen molar-refractivity contribution in [2.45, 2.75) is 39.7 Å². The predicted molar refractivity (Wildman–Crippen MR) is 139 cm³/mol. The number of nitrogens with zero attached hydrogens (tertiary/aromatic N) is 2. The van der Waals surface area contributed by atoms with Crippen LogP contribution in [0.1, 0.15) is 41.1 Å². The standard InChI is InChI=1S/C24H26FN3O4S3/c1-4-28-16-8-6-14(25)10-18(16)35-24(28)27-20(30)12-33-11-19(29)26-22-21(23(31)32-3)15-7-5-13(2)9-17(15)34-22/h6,8,10,13H,4-5,7,9,11-12H2,1-3H3,(H,26,29). The molecule has 0 aliphatic heterocycles. The van der Waals surface area contributed by atoms with Crippen LogP contribution < -0.4 is 10.1 Å². The Morgan fingerprint density at radius 2 is 2.09 bits per heavy atom. The molecule has 0 spiro atoms. The highest BCUT2D eigenvalue weighted by Gasteiger charge is 2.28. The summed E-state index contributed by atoms with van der Waals surface area (Å²) in [6.45, 7) is 4.71. The number of thiophene rings is 1. The number of amides is 2. The van der Waals surface area contributed by atoms with Crippen LogP contribution in [0.3, 0.4) is 0 Å². The fourth-order valence-electron chi connectivity index (χ4n) is 4.13. The van der Waals surface area contributed by atoms with E-state index >= 15 is 0 Å². The number of rotatable bonds is 7. The minimum Gasteiger partial charge on any atom is -0.465 e. The number of hydrogen-bond acceptors (Lipinski definition) is 7. The van der Waals surface area contributed by atoms with Gasteiger partial charge in [-0.25, -0.2) is 9.18 Å². The number of nitrogens with one attached hydrogen (secondary N) is 1. The maximum atomic E-state index is 13.5. The Morgan fingerprint density at radius 3 is 2.83 bits per heavy atom. The number of esters is 1. The number of carbonyl (C=O) groups is 3. The Morgan fingerprint density at radius 1 is 1.29 bits per heavy atom. The SMILES string of the molecule is CCn1c(=NC(=O)CSCC(=O)Nc2sc3c(c2C(=O)OC)CCC(C)C3)sc2cc(F)ccc21. The molecule has 4 rings (SSSR count). The van der Waals surface area contributed by atoms with Crippen LogP contribution >= 0.6 is 34.4 Å². The molecule has 0 saturated carbocycles. The second-order valence-electron chi connectivity index (χ2n) is 8.33. The molecule has 1 unspecified atom stereocenters. The number of anilines is 1. The number of thioether (sulfide) groups is 1. The first-order valence-electron chi connectivity index (χ1n) is 11.3. The summed E-state index contributed by atoms with van der Waals surface area (Å²) in [5, 5.41) is 3.35. The van der Waals surface area contributed by atoms with Crippen LogP contribution in [-0.2, 0) is 33.7 Å². The molecule has 0 saturated heterocycles. The van der Waals surface area contributed by atoms with E-state index in [4.69, 9.17) is 4.74 Å². The van der Waals surface area contributed by atoms with Gasteiger partial charge in [0.15, 0.2) is 4.80 Å². The number of hydrogen-bond donors (Lipinski definition) is 1. The van der Waals surface area contributed by atoms with E-state index < -0.39 is 5.97 Å². The number of halogens is 1. The van der Waals surface area contributed by atoms with Crippen LogP contribution in [0.4, 0.5) is 9.39 Å². The maximum Gasteiger partial charge on any atom is 0.341 e. The molecule has 7 nitrogen and oxygen atoms in total. The number of aryl methyl sites for hydroxylation is 1. The van der Waals surface area contributed by atoms with E-state index in [-0.39, 0.29) is 29.1 Å². The molecule has 2 aromatic heterocycles. The molecule has 35 heavy (non-hydrogen) atoms. The Kier molecular flexibility index (Phi) is 8.08. The topological polar surface area (TPSA) is 89.8 Å². The molecular weight excluding hydrogens is 509 g/mol. The van der Waals surface area contributed by atoms with Gasteiger partial charge in [-0.3, -0.25) is 9.59 Å². The van der Waals surface area contributed by atoms with Gasteiger partial charge in [0.2, 0.25) is 5.91 Å². The van der Waals surface area contributed by atoms with E-state index in [2.05, 4.69) is 17.2 Å². The van der Waals surface area contributed by atoms with E-state index in [9.17, 15) is 18.8 Å². The second-order valence-corrected chi connectivity index (χ2v) is 11.4. The number of aromatic nitrogens is 1. The molecule has 1 aromatic carbocycles. The Hall–Kier alpha value is -2.50. The first-order valence-corrected chi connectivity index (χ1v) is 14.1. The number of fused-ring (bicyclic) bond motifs is 2. The second kappa shape index (κ2) is 11.0. The van der Waals surface area contributed by atoms with Crippen LogP contribution in [0, 0.1) is 11.7 Å². The van der Waals surface area contributed by atoms with Crippen LogP contribution in [0.15, 0.2) is 23.2 Å². The monoisotopic (exact) mass is 535 g/mol. The highest BCUT2D eigenvalue weighted by molar-refractivity contribution is 8.00. The molecule has 1 aliphatic rings. The van der Waals surface area contributed by atoms with Gasteiger partial charge in [-0.15, -0.1) is 23.1 Å². The van der Waals surface area contributed by atoms with Gasteiger partial charge in [-0.05, 0) is 55.9 Å². The molecule has 0 bridgehead atoms. The first kappa shape index (κ1) is 25.6. The molecule has 1 atom stereocenters. The molecule has 3 aromatic rings. The summed E-state index contributed by atoms with van der Waals surface area (Å²) in [5.74, 6) is -0.825. The minimum absolute atomic E-state index is 0.0298. The van der Waals surface area contributed by atoms with Crippen molar-refractivity contribution < 1.29 is 23.5 Å². The van der Waals surface area contributed by atoms with Crippen molar-refractivity contribution in [3.63, 3.8) is 0 Å². The quantitative estimate of drug-likeness (QED) is 0.446. The average Bonchev–Trinajstić information content (AvgIpc) is 3.34. The number of ether oxygens (including phenoxy) is 1. The largest absolute Gasteiger partial charge is 0.465 e. The van der Waals surface area contributed by atoms with Crippen LogP contribution in [-0.4, -0.2) is 41.0 Å². The Bertz CT molecular complexity index is 1360. The van der Waals surface area contributed by atoms with E-state index in [1.54, 1.807) is 6.07 Å². The Balaban J connectivity index is 1.40. The summed E-state index contributed by atoms with van der Waals surface area (Å²) in [4.78, 5) is 43.2. The van der Waals surface area contributed by atoms with Crippen molar-refractivity contribution in [1.29, 1.82) is 0 Å². The fourth-order valence-corrected chi connectivity index (χ4v) is 7.28. The lowest BCUT2D eigenvalue weighted by molar-refractivity contribution is -0.115. The maximum absolute atomic E-state index is 13.5. The number of benzene rings is 1. The highest BCUT2D eigenvalue weighted by Crippen LogP contribution is 2.40. The molecule has 2 amide bonds. The fraction of sp³-hybridized carbons (Fsp3) is 0.417. The smallest absolute Gasteiger partial charge is 0.341 e. The summed E-state index contributed by atoms with van der Waals surface area (Å²) in [5.41, 5.74) is 2.25. The molecule has 11 heteroatoms.